The van der Waals surface area contributed by atoms with Crippen LogP contribution in [0.1, 0.15) is 16.1 Å². The van der Waals surface area contributed by atoms with E-state index in [0.29, 0.717) is 12.2 Å². The lowest BCUT2D eigenvalue weighted by atomic mass is 10.2. The lowest BCUT2D eigenvalue weighted by molar-refractivity contribution is 0.0696. The SMILES string of the molecule is O=C(O)c1cnn2c1C=CC2. The highest BCUT2D eigenvalue weighted by Gasteiger charge is 2.15. The van der Waals surface area contributed by atoms with Crippen molar-refractivity contribution in [2.24, 2.45) is 0 Å². The normalized spacial score (nSPS) is 13.5. The van der Waals surface area contributed by atoms with E-state index in [-0.39, 0.29) is 5.56 Å². The van der Waals surface area contributed by atoms with Crippen molar-refractivity contribution in [3.8, 4) is 0 Å². The van der Waals surface area contributed by atoms with E-state index < -0.39 is 5.97 Å². The summed E-state index contributed by atoms with van der Waals surface area (Å²) in [6.07, 6.45) is 5.03. The minimum atomic E-state index is -0.919. The fourth-order valence-electron chi connectivity index (χ4n) is 1.15. The Bertz CT molecular complexity index is 338. The second kappa shape index (κ2) is 1.95. The van der Waals surface area contributed by atoms with Gasteiger partial charge in [0.2, 0.25) is 0 Å². The third-order valence-corrected chi connectivity index (χ3v) is 1.66. The molecule has 1 aliphatic rings. The molecule has 1 aromatic rings. The maximum Gasteiger partial charge on any atom is 0.339 e. The Kier molecular flexibility index (Phi) is 1.09. The summed E-state index contributed by atoms with van der Waals surface area (Å²) < 4.78 is 1.66. The summed E-state index contributed by atoms with van der Waals surface area (Å²) in [4.78, 5) is 10.5. The molecule has 0 unspecified atom stereocenters. The van der Waals surface area contributed by atoms with Gasteiger partial charge in [-0.05, 0) is 6.08 Å². The maximum atomic E-state index is 10.5. The summed E-state index contributed by atoms with van der Waals surface area (Å²) in [6.45, 7) is 0.683. The second-order valence-corrected chi connectivity index (χ2v) is 2.33. The van der Waals surface area contributed by atoms with E-state index >= 15 is 0 Å². The van der Waals surface area contributed by atoms with E-state index in [1.807, 2.05) is 6.08 Å². The Morgan fingerprint density at radius 2 is 2.55 bits per heavy atom. The van der Waals surface area contributed by atoms with Gasteiger partial charge in [0.1, 0.15) is 5.56 Å². The quantitative estimate of drug-likeness (QED) is 0.638. The number of rotatable bonds is 1. The van der Waals surface area contributed by atoms with Crippen molar-refractivity contribution in [1.82, 2.24) is 9.78 Å². The molecule has 4 nitrogen and oxygen atoms in total. The van der Waals surface area contributed by atoms with E-state index in [9.17, 15) is 4.79 Å². The molecular weight excluding hydrogens is 144 g/mol. The molecule has 0 bridgehead atoms. The summed E-state index contributed by atoms with van der Waals surface area (Å²) in [6, 6.07) is 0. The zero-order chi connectivity index (χ0) is 7.84. The number of hydrogen-bond donors (Lipinski definition) is 1. The molecule has 0 aromatic carbocycles. The van der Waals surface area contributed by atoms with Crippen LogP contribution in [-0.2, 0) is 6.54 Å². The zero-order valence-corrected chi connectivity index (χ0v) is 5.69. The molecule has 1 N–H and O–H groups in total. The minimum Gasteiger partial charge on any atom is -0.478 e. The molecular formula is C7H6N2O2. The average Bonchev–Trinajstić information content (AvgIpc) is 2.41. The first-order valence-corrected chi connectivity index (χ1v) is 3.24. The molecule has 1 aliphatic heterocycles. The van der Waals surface area contributed by atoms with E-state index in [0.717, 1.165) is 0 Å². The predicted molar refractivity (Wildman–Crippen MR) is 38.2 cm³/mol. The summed E-state index contributed by atoms with van der Waals surface area (Å²) >= 11 is 0. The van der Waals surface area contributed by atoms with Crippen LogP contribution in [0.5, 0.6) is 0 Å². The van der Waals surface area contributed by atoms with Crippen molar-refractivity contribution in [3.63, 3.8) is 0 Å². The third-order valence-electron chi connectivity index (χ3n) is 1.66. The molecule has 0 saturated carbocycles. The number of carboxylic acids is 1. The molecule has 0 saturated heterocycles. The molecule has 0 atom stereocenters. The number of aromatic nitrogens is 2. The number of allylic oxidation sites excluding steroid dienone is 1. The topological polar surface area (TPSA) is 55.1 Å². The number of carbonyl (C=O) groups is 1. The van der Waals surface area contributed by atoms with Gasteiger partial charge in [0, 0.05) is 0 Å². The molecule has 0 fully saturated rings. The molecule has 0 radical (unpaired) electrons. The van der Waals surface area contributed by atoms with Crippen LogP contribution in [0.25, 0.3) is 6.08 Å². The molecule has 0 aliphatic carbocycles. The lowest BCUT2D eigenvalue weighted by Crippen LogP contribution is -1.98. The fraction of sp³-hybridized carbons (Fsp3) is 0.143. The largest absolute Gasteiger partial charge is 0.478 e. The van der Waals surface area contributed by atoms with Gasteiger partial charge in [0.05, 0.1) is 18.4 Å². The Morgan fingerprint density at radius 3 is 3.27 bits per heavy atom. The number of aromatic carboxylic acids is 1. The van der Waals surface area contributed by atoms with Gasteiger partial charge >= 0.3 is 5.97 Å². The highest BCUT2D eigenvalue weighted by Crippen LogP contribution is 2.15. The van der Waals surface area contributed by atoms with Gasteiger partial charge in [0.15, 0.2) is 0 Å². The zero-order valence-electron chi connectivity index (χ0n) is 5.69. The Morgan fingerprint density at radius 1 is 1.73 bits per heavy atom. The molecule has 4 heteroatoms. The smallest absolute Gasteiger partial charge is 0.339 e. The first kappa shape index (κ1) is 6.15. The monoisotopic (exact) mass is 150 g/mol. The molecule has 2 rings (SSSR count). The number of carboxylic acid groups (broad SMARTS) is 1. The van der Waals surface area contributed by atoms with Crippen molar-refractivity contribution >= 4 is 12.0 Å². The molecule has 56 valence electrons. The van der Waals surface area contributed by atoms with Gasteiger partial charge in [-0.25, -0.2) is 4.79 Å². The molecule has 0 amide bonds. The lowest BCUT2D eigenvalue weighted by Gasteiger charge is -1.91. The van der Waals surface area contributed by atoms with Gasteiger partial charge in [-0.3, -0.25) is 4.68 Å². The Labute approximate surface area is 62.8 Å². The third kappa shape index (κ3) is 0.756. The fourth-order valence-corrected chi connectivity index (χ4v) is 1.15. The highest BCUT2D eigenvalue weighted by atomic mass is 16.4. The van der Waals surface area contributed by atoms with Gasteiger partial charge in [0.25, 0.3) is 0 Å². The van der Waals surface area contributed by atoms with Gasteiger partial charge in [-0.1, -0.05) is 6.08 Å². The molecule has 0 spiro atoms. The summed E-state index contributed by atoms with van der Waals surface area (Å²) in [5.74, 6) is -0.919. The van der Waals surface area contributed by atoms with Crippen LogP contribution in [0.3, 0.4) is 0 Å². The van der Waals surface area contributed by atoms with Gasteiger partial charge < -0.3 is 5.11 Å². The van der Waals surface area contributed by atoms with Crippen LogP contribution in [0, 0.1) is 0 Å². The van der Waals surface area contributed by atoms with Gasteiger partial charge in [-0.2, -0.15) is 5.10 Å². The maximum absolute atomic E-state index is 10.5. The highest BCUT2D eigenvalue weighted by molar-refractivity contribution is 5.91. The van der Waals surface area contributed by atoms with E-state index in [1.54, 1.807) is 10.8 Å². The van der Waals surface area contributed by atoms with Crippen LogP contribution in [0.4, 0.5) is 0 Å². The predicted octanol–water partition coefficient (Wildman–Crippen LogP) is 0.608. The van der Waals surface area contributed by atoms with Crippen molar-refractivity contribution < 1.29 is 9.90 Å². The van der Waals surface area contributed by atoms with Crippen molar-refractivity contribution in [3.05, 3.63) is 23.5 Å². The van der Waals surface area contributed by atoms with E-state index in [4.69, 9.17) is 5.11 Å². The number of nitrogens with zero attached hydrogens (tertiary/aromatic N) is 2. The Hall–Kier alpha value is -1.58. The molecule has 2 heterocycles. The van der Waals surface area contributed by atoms with Crippen LogP contribution in [0.2, 0.25) is 0 Å². The first-order valence-electron chi connectivity index (χ1n) is 3.24. The average molecular weight is 150 g/mol. The summed E-state index contributed by atoms with van der Waals surface area (Å²) in [5.41, 5.74) is 0.969. The van der Waals surface area contributed by atoms with Crippen LogP contribution in [-0.4, -0.2) is 20.9 Å². The number of hydrogen-bond acceptors (Lipinski definition) is 2. The molecule has 1 aromatic heterocycles. The van der Waals surface area contributed by atoms with Crippen LogP contribution in [0.15, 0.2) is 12.3 Å². The second-order valence-electron chi connectivity index (χ2n) is 2.33. The minimum absolute atomic E-state index is 0.277. The van der Waals surface area contributed by atoms with Crippen molar-refractivity contribution in [1.29, 1.82) is 0 Å². The standard InChI is InChI=1S/C7H6N2O2/c10-7(11)5-4-8-9-3-1-2-6(5)9/h1-2,4H,3H2,(H,10,11). The first-order chi connectivity index (χ1) is 5.29. The summed E-state index contributed by atoms with van der Waals surface area (Å²) in [5, 5.41) is 12.5. The van der Waals surface area contributed by atoms with Crippen LogP contribution < -0.4 is 0 Å². The van der Waals surface area contributed by atoms with Crippen LogP contribution >= 0.6 is 0 Å². The van der Waals surface area contributed by atoms with Crippen molar-refractivity contribution in [2.75, 3.05) is 0 Å². The van der Waals surface area contributed by atoms with Crippen molar-refractivity contribution in [2.45, 2.75) is 6.54 Å². The van der Waals surface area contributed by atoms with E-state index in [2.05, 4.69) is 5.10 Å². The Balaban J connectivity index is 2.58. The van der Waals surface area contributed by atoms with Gasteiger partial charge in [-0.15, -0.1) is 0 Å². The number of fused-ring (bicyclic) bond motifs is 1. The van der Waals surface area contributed by atoms with E-state index in [1.165, 1.54) is 6.20 Å². The molecule has 11 heavy (non-hydrogen) atoms. The summed E-state index contributed by atoms with van der Waals surface area (Å²) in [7, 11) is 0.